The van der Waals surface area contributed by atoms with Gasteiger partial charge in [0.2, 0.25) is 5.91 Å². The normalized spacial score (nSPS) is 29.5. The highest BCUT2D eigenvalue weighted by Gasteiger charge is 2.36. The Bertz CT molecular complexity index is 283. The fourth-order valence-corrected chi connectivity index (χ4v) is 2.34. The van der Waals surface area contributed by atoms with Gasteiger partial charge in [0.25, 0.3) is 0 Å². The molecule has 1 amide bonds. The summed E-state index contributed by atoms with van der Waals surface area (Å²) in [5, 5.41) is 3.31. The van der Waals surface area contributed by atoms with Gasteiger partial charge in [0, 0.05) is 28.9 Å². The minimum atomic E-state index is -0.873. The molecule has 1 heterocycles. The van der Waals surface area contributed by atoms with E-state index in [1.54, 1.807) is 6.26 Å². The van der Waals surface area contributed by atoms with Gasteiger partial charge in [0.1, 0.15) is 0 Å². The molecule has 1 fully saturated rings. The lowest BCUT2D eigenvalue weighted by molar-refractivity contribution is -0.129. The number of amides is 1. The molecule has 0 aliphatic carbocycles. The summed E-state index contributed by atoms with van der Waals surface area (Å²) in [6.45, 7) is 6.56. The van der Waals surface area contributed by atoms with E-state index in [-0.39, 0.29) is 23.4 Å². The zero-order valence-corrected chi connectivity index (χ0v) is 11.3. The molecule has 1 rings (SSSR count). The van der Waals surface area contributed by atoms with Crippen molar-refractivity contribution in [3.05, 3.63) is 0 Å². The van der Waals surface area contributed by atoms with E-state index in [0.717, 1.165) is 12.8 Å². The predicted molar refractivity (Wildman–Crippen MR) is 66.5 cm³/mol. The van der Waals surface area contributed by atoms with E-state index in [4.69, 9.17) is 0 Å². The lowest BCUT2D eigenvalue weighted by Crippen LogP contribution is -2.40. The highest BCUT2D eigenvalue weighted by atomic mass is 32.2. The molecule has 0 bridgehead atoms. The van der Waals surface area contributed by atoms with Gasteiger partial charge in [-0.1, -0.05) is 13.3 Å². The first-order valence-corrected chi connectivity index (χ1v) is 7.48. The average Bonchev–Trinajstić information content (AvgIpc) is 2.46. The summed E-state index contributed by atoms with van der Waals surface area (Å²) in [5.41, 5.74) is 0. The Labute approximate surface area is 100 Å². The van der Waals surface area contributed by atoms with E-state index in [2.05, 4.69) is 12.2 Å². The van der Waals surface area contributed by atoms with E-state index in [0.29, 0.717) is 6.54 Å². The summed E-state index contributed by atoms with van der Waals surface area (Å²) in [4.78, 5) is 13.8. The van der Waals surface area contributed by atoms with Crippen molar-refractivity contribution in [2.45, 2.75) is 51.1 Å². The maximum Gasteiger partial charge on any atom is 0.241 e. The summed E-state index contributed by atoms with van der Waals surface area (Å²) in [6, 6.07) is -0.0440. The van der Waals surface area contributed by atoms with Gasteiger partial charge in [-0.25, -0.2) is 0 Å². The second-order valence-corrected chi connectivity index (χ2v) is 6.29. The van der Waals surface area contributed by atoms with Crippen LogP contribution in [0.2, 0.25) is 0 Å². The molecule has 1 aliphatic rings. The lowest BCUT2D eigenvalue weighted by Gasteiger charge is -2.23. The third-order valence-electron chi connectivity index (χ3n) is 3.09. The van der Waals surface area contributed by atoms with Crippen LogP contribution < -0.4 is 5.32 Å². The zero-order chi connectivity index (χ0) is 12.3. The molecule has 0 aromatic rings. The summed E-state index contributed by atoms with van der Waals surface area (Å²) >= 11 is 0. The molecule has 94 valence electrons. The molecule has 1 saturated heterocycles. The Balaban J connectivity index is 2.60. The van der Waals surface area contributed by atoms with Crippen molar-refractivity contribution in [1.29, 1.82) is 0 Å². The Kier molecular flexibility index (Phi) is 4.92. The van der Waals surface area contributed by atoms with Crippen molar-refractivity contribution in [2.75, 3.05) is 12.8 Å². The molecule has 5 heteroatoms. The highest BCUT2D eigenvalue weighted by Crippen LogP contribution is 2.15. The van der Waals surface area contributed by atoms with E-state index in [9.17, 15) is 9.00 Å². The Morgan fingerprint density at radius 3 is 2.69 bits per heavy atom. The van der Waals surface area contributed by atoms with Crippen LogP contribution >= 0.6 is 0 Å². The molecule has 4 unspecified atom stereocenters. The fraction of sp³-hybridized carbons (Fsp3) is 0.909. The van der Waals surface area contributed by atoms with E-state index >= 15 is 0 Å². The summed E-state index contributed by atoms with van der Waals surface area (Å²) in [7, 11) is -0.873. The fourth-order valence-electron chi connectivity index (χ4n) is 1.97. The molecule has 0 aromatic heterocycles. The first kappa shape index (κ1) is 13.6. The van der Waals surface area contributed by atoms with Crippen LogP contribution in [0.3, 0.4) is 0 Å². The van der Waals surface area contributed by atoms with Crippen LogP contribution in [0.1, 0.15) is 33.6 Å². The molecule has 0 aromatic carbocycles. The highest BCUT2D eigenvalue weighted by molar-refractivity contribution is 7.84. The molecule has 0 radical (unpaired) electrons. The first-order valence-electron chi connectivity index (χ1n) is 5.86. The predicted octanol–water partition coefficient (Wildman–Crippen LogP) is 0.700. The summed E-state index contributed by atoms with van der Waals surface area (Å²) < 4.78 is 11.3. The second kappa shape index (κ2) is 5.77. The molecule has 16 heavy (non-hydrogen) atoms. The van der Waals surface area contributed by atoms with Crippen LogP contribution in [0.25, 0.3) is 0 Å². The van der Waals surface area contributed by atoms with E-state index < -0.39 is 10.8 Å². The van der Waals surface area contributed by atoms with Gasteiger partial charge in [-0.05, 0) is 20.3 Å². The Morgan fingerprint density at radius 2 is 2.19 bits per heavy atom. The maximum absolute atomic E-state index is 12.0. The number of nitrogens with zero attached hydrogens (tertiary/aromatic N) is 1. The summed E-state index contributed by atoms with van der Waals surface area (Å²) in [6.07, 6.45) is 3.63. The van der Waals surface area contributed by atoms with E-state index in [1.165, 1.54) is 0 Å². The van der Waals surface area contributed by atoms with Gasteiger partial charge in [-0.15, -0.1) is 0 Å². The second-order valence-electron chi connectivity index (χ2n) is 4.48. The number of carbonyl (C=O) groups is 1. The van der Waals surface area contributed by atoms with Crippen molar-refractivity contribution < 1.29 is 9.00 Å². The van der Waals surface area contributed by atoms with Crippen molar-refractivity contribution in [2.24, 2.45) is 0 Å². The molecule has 1 aliphatic heterocycles. The van der Waals surface area contributed by atoms with Gasteiger partial charge < -0.3 is 4.90 Å². The monoisotopic (exact) mass is 246 g/mol. The first-order chi connectivity index (χ1) is 7.47. The topological polar surface area (TPSA) is 49.4 Å². The van der Waals surface area contributed by atoms with Crippen LogP contribution in [-0.2, 0) is 15.6 Å². The number of carbonyl (C=O) groups excluding carboxylic acids is 1. The van der Waals surface area contributed by atoms with Crippen molar-refractivity contribution >= 4 is 16.7 Å². The number of rotatable bonds is 5. The quantitative estimate of drug-likeness (QED) is 0.777. The number of nitrogens with one attached hydrogen (secondary N) is 1. The largest absolute Gasteiger partial charge is 0.325 e. The van der Waals surface area contributed by atoms with Gasteiger partial charge in [-0.3, -0.25) is 14.3 Å². The number of hydrogen-bond donors (Lipinski definition) is 1. The molecule has 4 nitrogen and oxygen atoms in total. The molecule has 1 N–H and O–H groups in total. The van der Waals surface area contributed by atoms with Crippen molar-refractivity contribution in [3.8, 4) is 0 Å². The standard InChI is InChI=1S/C11H22N2O2S/c1-5-6-10-11(14)13(9(3)12-10)7-8(2)16(4)15/h8-10,12H,5-7H2,1-4H3. The Hall–Kier alpha value is -0.420. The maximum atomic E-state index is 12.0. The smallest absolute Gasteiger partial charge is 0.241 e. The third kappa shape index (κ3) is 3.04. The Morgan fingerprint density at radius 1 is 1.56 bits per heavy atom. The van der Waals surface area contributed by atoms with E-state index in [1.807, 2.05) is 18.7 Å². The summed E-state index contributed by atoms with van der Waals surface area (Å²) in [5.74, 6) is 0.159. The van der Waals surface area contributed by atoms with Gasteiger partial charge in [0.15, 0.2) is 0 Å². The van der Waals surface area contributed by atoms with Crippen molar-refractivity contribution in [3.63, 3.8) is 0 Å². The minimum Gasteiger partial charge on any atom is -0.325 e. The minimum absolute atomic E-state index is 0.0357. The average molecular weight is 246 g/mol. The molecular weight excluding hydrogens is 224 g/mol. The molecular formula is C11H22N2O2S. The van der Waals surface area contributed by atoms with Crippen LogP contribution in [0.4, 0.5) is 0 Å². The van der Waals surface area contributed by atoms with Gasteiger partial charge in [-0.2, -0.15) is 0 Å². The third-order valence-corrected chi connectivity index (χ3v) is 4.37. The van der Waals surface area contributed by atoms with Crippen LogP contribution in [0, 0.1) is 0 Å². The van der Waals surface area contributed by atoms with Crippen LogP contribution in [0.5, 0.6) is 0 Å². The number of hydrogen-bond acceptors (Lipinski definition) is 3. The zero-order valence-electron chi connectivity index (χ0n) is 10.5. The molecule has 0 saturated carbocycles. The lowest BCUT2D eigenvalue weighted by atomic mass is 10.2. The van der Waals surface area contributed by atoms with Crippen LogP contribution in [-0.4, -0.2) is 45.3 Å². The SMILES string of the molecule is CCCC1NC(C)N(CC(C)S(C)=O)C1=O. The van der Waals surface area contributed by atoms with Gasteiger partial charge in [0.05, 0.1) is 12.2 Å². The molecule has 4 atom stereocenters. The van der Waals surface area contributed by atoms with Gasteiger partial charge >= 0.3 is 0 Å². The van der Waals surface area contributed by atoms with Crippen LogP contribution in [0.15, 0.2) is 0 Å². The molecule has 0 spiro atoms. The van der Waals surface area contributed by atoms with Crippen molar-refractivity contribution in [1.82, 2.24) is 10.2 Å².